The Hall–Kier alpha value is -2.89. The summed E-state index contributed by atoms with van der Waals surface area (Å²) in [6, 6.07) is 14.9. The molecule has 0 unspecified atom stereocenters. The molecule has 0 saturated heterocycles. The van der Waals surface area contributed by atoms with E-state index in [9.17, 15) is 4.79 Å². The molecule has 0 saturated carbocycles. The van der Waals surface area contributed by atoms with Crippen molar-refractivity contribution >= 4 is 17.4 Å². The first-order chi connectivity index (χ1) is 12.7. The van der Waals surface area contributed by atoms with Crippen LogP contribution in [0.5, 0.6) is 11.5 Å². The molecule has 0 spiro atoms. The molecule has 0 aliphatic heterocycles. The van der Waals surface area contributed by atoms with Crippen LogP contribution in [0.1, 0.15) is 13.8 Å². The summed E-state index contributed by atoms with van der Waals surface area (Å²) >= 11 is 0. The van der Waals surface area contributed by atoms with Gasteiger partial charge in [-0.05, 0) is 50.2 Å². The van der Waals surface area contributed by atoms with Gasteiger partial charge in [-0.1, -0.05) is 6.07 Å². The maximum Gasteiger partial charge on any atom is 0.319 e. The topological polar surface area (TPSA) is 62.8 Å². The second kappa shape index (κ2) is 10.2. The Balaban J connectivity index is 1.73. The lowest BCUT2D eigenvalue weighted by Crippen LogP contribution is -2.32. The molecule has 0 aliphatic rings. The predicted molar refractivity (Wildman–Crippen MR) is 106 cm³/mol. The number of amides is 2. The van der Waals surface area contributed by atoms with Crippen LogP contribution >= 0.6 is 0 Å². The summed E-state index contributed by atoms with van der Waals surface area (Å²) in [5.41, 5.74) is 1.90. The fraction of sp³-hybridized carbons (Fsp3) is 0.350. The van der Waals surface area contributed by atoms with Gasteiger partial charge in [0.2, 0.25) is 0 Å². The van der Waals surface area contributed by atoms with E-state index in [4.69, 9.17) is 9.47 Å². The van der Waals surface area contributed by atoms with Crippen LogP contribution in [-0.2, 0) is 0 Å². The van der Waals surface area contributed by atoms with Crippen LogP contribution in [0.15, 0.2) is 48.5 Å². The van der Waals surface area contributed by atoms with Gasteiger partial charge in [0, 0.05) is 30.5 Å². The number of carbonyl (C=O) groups is 1. The highest BCUT2D eigenvalue weighted by molar-refractivity contribution is 5.89. The first-order valence-electron chi connectivity index (χ1n) is 8.83. The smallest absolute Gasteiger partial charge is 0.319 e. The van der Waals surface area contributed by atoms with E-state index < -0.39 is 0 Å². The largest absolute Gasteiger partial charge is 0.497 e. The first kappa shape index (κ1) is 19.4. The number of ether oxygens (including phenoxy) is 2. The molecule has 2 aromatic carbocycles. The number of carbonyl (C=O) groups excluding carboxylic acids is 1. The number of nitrogens with zero attached hydrogens (tertiary/aromatic N) is 1. The normalized spacial score (nSPS) is 10.1. The Labute approximate surface area is 155 Å². The zero-order valence-electron chi connectivity index (χ0n) is 15.6. The lowest BCUT2D eigenvalue weighted by Gasteiger charge is -2.21. The molecule has 0 radical (unpaired) electrons. The molecular formula is C20H27N3O3. The van der Waals surface area contributed by atoms with Gasteiger partial charge in [0.1, 0.15) is 18.1 Å². The van der Waals surface area contributed by atoms with E-state index in [0.717, 1.165) is 30.2 Å². The molecule has 26 heavy (non-hydrogen) atoms. The van der Waals surface area contributed by atoms with Gasteiger partial charge in [-0.15, -0.1) is 0 Å². The van der Waals surface area contributed by atoms with Gasteiger partial charge in [-0.2, -0.15) is 0 Å². The van der Waals surface area contributed by atoms with E-state index in [1.165, 1.54) is 0 Å². The van der Waals surface area contributed by atoms with Gasteiger partial charge in [-0.25, -0.2) is 4.79 Å². The zero-order chi connectivity index (χ0) is 18.8. The van der Waals surface area contributed by atoms with E-state index in [1.807, 2.05) is 42.5 Å². The van der Waals surface area contributed by atoms with Gasteiger partial charge in [0.25, 0.3) is 0 Å². The van der Waals surface area contributed by atoms with Gasteiger partial charge >= 0.3 is 6.03 Å². The summed E-state index contributed by atoms with van der Waals surface area (Å²) in [5, 5.41) is 5.59. The fourth-order valence-electron chi connectivity index (χ4n) is 2.54. The second-order valence-electron chi connectivity index (χ2n) is 5.63. The Morgan fingerprint density at radius 1 is 1.04 bits per heavy atom. The molecule has 0 fully saturated rings. The van der Waals surface area contributed by atoms with Crippen molar-refractivity contribution in [3.8, 4) is 11.5 Å². The molecule has 2 N–H and O–H groups in total. The summed E-state index contributed by atoms with van der Waals surface area (Å²) < 4.78 is 10.7. The number of rotatable bonds is 9. The predicted octanol–water partition coefficient (Wildman–Crippen LogP) is 3.74. The van der Waals surface area contributed by atoms with Crippen LogP contribution in [0, 0.1) is 0 Å². The minimum absolute atomic E-state index is 0.255. The minimum Gasteiger partial charge on any atom is -0.497 e. The summed E-state index contributed by atoms with van der Waals surface area (Å²) in [5.74, 6) is 1.44. The molecule has 0 aliphatic carbocycles. The number of nitrogens with one attached hydrogen (secondary N) is 2. The third-order valence-corrected chi connectivity index (χ3v) is 3.95. The number of hydrogen-bond acceptors (Lipinski definition) is 4. The molecule has 6 heteroatoms. The quantitative estimate of drug-likeness (QED) is 0.671. The molecule has 0 heterocycles. The number of hydrogen-bond donors (Lipinski definition) is 2. The molecule has 6 nitrogen and oxygen atoms in total. The second-order valence-corrected chi connectivity index (χ2v) is 5.63. The van der Waals surface area contributed by atoms with Crippen molar-refractivity contribution < 1.29 is 14.3 Å². The fourth-order valence-corrected chi connectivity index (χ4v) is 2.54. The molecule has 0 atom stereocenters. The van der Waals surface area contributed by atoms with Crippen molar-refractivity contribution in [2.75, 3.05) is 43.6 Å². The van der Waals surface area contributed by atoms with Crippen molar-refractivity contribution in [3.63, 3.8) is 0 Å². The van der Waals surface area contributed by atoms with Crippen molar-refractivity contribution in [2.45, 2.75) is 13.8 Å². The number of anilines is 2. The van der Waals surface area contributed by atoms with Crippen LogP contribution in [-0.4, -0.2) is 39.4 Å². The van der Waals surface area contributed by atoms with Crippen LogP contribution in [0.2, 0.25) is 0 Å². The zero-order valence-corrected chi connectivity index (χ0v) is 15.6. The van der Waals surface area contributed by atoms with E-state index in [1.54, 1.807) is 13.2 Å². The lowest BCUT2D eigenvalue weighted by molar-refractivity contribution is 0.247. The summed E-state index contributed by atoms with van der Waals surface area (Å²) in [6.07, 6.45) is 0. The van der Waals surface area contributed by atoms with E-state index in [2.05, 4.69) is 29.4 Å². The summed E-state index contributed by atoms with van der Waals surface area (Å²) in [4.78, 5) is 14.2. The van der Waals surface area contributed by atoms with E-state index >= 15 is 0 Å². The van der Waals surface area contributed by atoms with Crippen LogP contribution in [0.3, 0.4) is 0 Å². The number of methoxy groups -OCH3 is 1. The highest BCUT2D eigenvalue weighted by Gasteiger charge is 2.04. The summed E-state index contributed by atoms with van der Waals surface area (Å²) in [6.45, 7) is 6.93. The number of benzene rings is 2. The third-order valence-electron chi connectivity index (χ3n) is 3.95. The average Bonchev–Trinajstić information content (AvgIpc) is 2.67. The lowest BCUT2D eigenvalue weighted by atomic mass is 10.2. The molecule has 2 amide bonds. The highest BCUT2D eigenvalue weighted by atomic mass is 16.5. The molecular weight excluding hydrogens is 330 g/mol. The molecule has 2 aromatic rings. The van der Waals surface area contributed by atoms with E-state index in [-0.39, 0.29) is 6.03 Å². The maximum atomic E-state index is 11.9. The Bertz CT molecular complexity index is 685. The van der Waals surface area contributed by atoms with Crippen LogP contribution in [0.4, 0.5) is 16.2 Å². The van der Waals surface area contributed by atoms with Gasteiger partial charge in [0.15, 0.2) is 0 Å². The minimum atomic E-state index is -0.255. The van der Waals surface area contributed by atoms with Gasteiger partial charge in [0.05, 0.1) is 13.7 Å². The van der Waals surface area contributed by atoms with Crippen LogP contribution in [0.25, 0.3) is 0 Å². The van der Waals surface area contributed by atoms with Gasteiger partial charge < -0.3 is 25.0 Å². The monoisotopic (exact) mass is 357 g/mol. The van der Waals surface area contributed by atoms with Crippen molar-refractivity contribution in [1.29, 1.82) is 0 Å². The molecule has 0 aromatic heterocycles. The molecule has 0 bridgehead atoms. The SMILES string of the molecule is CCN(CC)c1ccc(NC(=O)NCCOc2cccc(OC)c2)cc1. The Morgan fingerprint density at radius 3 is 2.38 bits per heavy atom. The summed E-state index contributed by atoms with van der Waals surface area (Å²) in [7, 11) is 1.61. The average molecular weight is 357 g/mol. The Morgan fingerprint density at radius 2 is 1.73 bits per heavy atom. The van der Waals surface area contributed by atoms with Crippen molar-refractivity contribution in [2.24, 2.45) is 0 Å². The highest BCUT2D eigenvalue weighted by Crippen LogP contribution is 2.19. The molecule has 2 rings (SSSR count). The standard InChI is InChI=1S/C20H27N3O3/c1-4-23(5-2)17-11-9-16(10-12-17)22-20(24)21-13-14-26-19-8-6-7-18(15-19)25-3/h6-12,15H,4-5,13-14H2,1-3H3,(H2,21,22,24). The number of urea groups is 1. The first-order valence-corrected chi connectivity index (χ1v) is 8.83. The van der Waals surface area contributed by atoms with E-state index in [0.29, 0.717) is 18.9 Å². The van der Waals surface area contributed by atoms with Crippen molar-refractivity contribution in [1.82, 2.24) is 5.32 Å². The van der Waals surface area contributed by atoms with Crippen LogP contribution < -0.4 is 25.0 Å². The molecule has 140 valence electrons. The Kier molecular flexibility index (Phi) is 7.61. The van der Waals surface area contributed by atoms with Gasteiger partial charge in [-0.3, -0.25) is 0 Å². The maximum absolute atomic E-state index is 11.9. The van der Waals surface area contributed by atoms with Crippen molar-refractivity contribution in [3.05, 3.63) is 48.5 Å². The third kappa shape index (κ3) is 5.88.